The van der Waals surface area contributed by atoms with E-state index < -0.39 is 6.04 Å². The van der Waals surface area contributed by atoms with Gasteiger partial charge in [0.15, 0.2) is 0 Å². The summed E-state index contributed by atoms with van der Waals surface area (Å²) in [5.74, 6) is -0.373. The Morgan fingerprint density at radius 2 is 1.61 bits per heavy atom. The van der Waals surface area contributed by atoms with Crippen molar-refractivity contribution in [2.75, 3.05) is 10.6 Å². The molecule has 0 saturated carbocycles. The van der Waals surface area contributed by atoms with Crippen LogP contribution in [0.15, 0.2) is 89.4 Å². The van der Waals surface area contributed by atoms with E-state index in [1.165, 1.54) is 12.1 Å². The van der Waals surface area contributed by atoms with Crippen LogP contribution >= 0.6 is 0 Å². The summed E-state index contributed by atoms with van der Waals surface area (Å²) in [4.78, 5) is 12.9. The zero-order chi connectivity index (χ0) is 21.2. The van der Waals surface area contributed by atoms with Gasteiger partial charge in [0, 0.05) is 16.8 Å². The Labute approximate surface area is 177 Å². The number of carbonyl (C=O) groups is 1. The van der Waals surface area contributed by atoms with Crippen LogP contribution in [0.2, 0.25) is 0 Å². The molecular formula is C24H17FN4O2. The van der Waals surface area contributed by atoms with Gasteiger partial charge < -0.3 is 15.1 Å². The molecule has 5 rings (SSSR count). The largest absolute Gasteiger partial charge is 0.403 e. The van der Waals surface area contributed by atoms with Crippen molar-refractivity contribution in [1.29, 1.82) is 0 Å². The number of aromatic nitrogens is 2. The molecule has 31 heavy (non-hydrogen) atoms. The third kappa shape index (κ3) is 3.81. The minimum atomic E-state index is -0.746. The highest BCUT2D eigenvalue weighted by molar-refractivity contribution is 6.05. The van der Waals surface area contributed by atoms with E-state index in [1.807, 2.05) is 60.7 Å². The number of fused-ring (bicyclic) bond motifs is 1. The highest BCUT2D eigenvalue weighted by Gasteiger charge is 2.25. The number of nitrogens with zero attached hydrogens (tertiary/aromatic N) is 2. The summed E-state index contributed by atoms with van der Waals surface area (Å²) in [6.07, 6.45) is 1.85. The maximum Gasteiger partial charge on any atom is 0.316 e. The third-order valence-electron chi connectivity index (χ3n) is 4.97. The number of para-hydroxylation sites is 1. The van der Waals surface area contributed by atoms with Gasteiger partial charge >= 0.3 is 6.01 Å². The second-order valence-electron chi connectivity index (χ2n) is 7.02. The molecule has 1 unspecified atom stereocenters. The minimum Gasteiger partial charge on any atom is -0.403 e. The number of amides is 1. The van der Waals surface area contributed by atoms with Gasteiger partial charge in [0.2, 0.25) is 5.89 Å². The van der Waals surface area contributed by atoms with E-state index in [0.29, 0.717) is 5.56 Å². The molecule has 0 saturated heterocycles. The van der Waals surface area contributed by atoms with Gasteiger partial charge in [-0.15, -0.1) is 5.10 Å². The first-order chi connectivity index (χ1) is 15.2. The number of hydrogen-bond donors (Lipinski definition) is 2. The molecule has 3 aromatic carbocycles. The third-order valence-corrected chi connectivity index (χ3v) is 4.97. The lowest BCUT2D eigenvalue weighted by atomic mass is 9.96. The van der Waals surface area contributed by atoms with Crippen LogP contribution in [0.4, 0.5) is 16.1 Å². The summed E-state index contributed by atoms with van der Waals surface area (Å²) in [7, 11) is 0. The minimum absolute atomic E-state index is 0.0918. The van der Waals surface area contributed by atoms with E-state index in [9.17, 15) is 9.18 Å². The first-order valence-corrected chi connectivity index (χ1v) is 9.71. The van der Waals surface area contributed by atoms with Crippen LogP contribution in [0.3, 0.4) is 0 Å². The van der Waals surface area contributed by atoms with Gasteiger partial charge in [0.25, 0.3) is 5.91 Å². The van der Waals surface area contributed by atoms with E-state index in [2.05, 4.69) is 20.8 Å². The number of benzene rings is 3. The van der Waals surface area contributed by atoms with Crippen LogP contribution in [0.25, 0.3) is 17.0 Å². The Hall–Kier alpha value is -4.26. The molecule has 1 aliphatic rings. The predicted octanol–water partition coefficient (Wildman–Crippen LogP) is 4.74. The zero-order valence-electron chi connectivity index (χ0n) is 16.2. The molecule has 0 spiro atoms. The molecule has 152 valence electrons. The molecule has 4 aromatic rings. The van der Waals surface area contributed by atoms with Crippen LogP contribution in [-0.4, -0.2) is 22.1 Å². The first kappa shape index (κ1) is 18.7. The smallest absolute Gasteiger partial charge is 0.316 e. The Bertz CT molecular complexity index is 1270. The molecule has 0 fully saturated rings. The SMILES string of the molecule is O=C1Nc2ccccc2C(c2ccccc2)=CC1Nc1nnc(-c2ccc(F)cc2)o1. The molecule has 1 atom stereocenters. The van der Waals surface area contributed by atoms with Gasteiger partial charge in [-0.3, -0.25) is 4.79 Å². The van der Waals surface area contributed by atoms with Crippen molar-refractivity contribution < 1.29 is 13.6 Å². The van der Waals surface area contributed by atoms with Gasteiger partial charge in [0.1, 0.15) is 11.9 Å². The first-order valence-electron chi connectivity index (χ1n) is 9.71. The summed E-state index contributed by atoms with van der Waals surface area (Å²) >= 11 is 0. The molecule has 0 aliphatic carbocycles. The summed E-state index contributed by atoms with van der Waals surface area (Å²) in [5, 5.41) is 13.9. The van der Waals surface area contributed by atoms with Crippen LogP contribution in [-0.2, 0) is 4.79 Å². The van der Waals surface area contributed by atoms with E-state index in [0.717, 1.165) is 22.4 Å². The number of carbonyl (C=O) groups excluding carboxylic acids is 1. The Kier molecular flexibility index (Phi) is 4.76. The molecule has 6 nitrogen and oxygen atoms in total. The summed E-state index contributed by atoms with van der Waals surface area (Å²) < 4.78 is 18.8. The second kappa shape index (κ2) is 7.87. The maximum atomic E-state index is 13.2. The summed E-state index contributed by atoms with van der Waals surface area (Å²) in [6, 6.07) is 22.6. The standard InChI is InChI=1S/C24H17FN4O2/c25-17-12-10-16(11-13-17)23-28-29-24(31-23)27-21-14-19(15-6-2-1-3-7-15)18-8-4-5-9-20(18)26-22(21)30/h1-14,21H,(H,26,30)(H,27,29). The van der Waals surface area contributed by atoms with Crippen molar-refractivity contribution in [1.82, 2.24) is 10.2 Å². The van der Waals surface area contributed by atoms with Gasteiger partial charge in [-0.25, -0.2) is 4.39 Å². The lowest BCUT2D eigenvalue weighted by Gasteiger charge is -2.11. The summed E-state index contributed by atoms with van der Waals surface area (Å²) in [5.41, 5.74) is 4.12. The van der Waals surface area contributed by atoms with E-state index >= 15 is 0 Å². The van der Waals surface area contributed by atoms with Gasteiger partial charge in [-0.2, -0.15) is 0 Å². The fourth-order valence-corrected chi connectivity index (χ4v) is 3.47. The number of hydrogen-bond acceptors (Lipinski definition) is 5. The number of rotatable bonds is 4. The average Bonchev–Trinajstić information content (AvgIpc) is 3.21. The molecule has 1 aromatic heterocycles. The van der Waals surface area contributed by atoms with Gasteiger partial charge in [-0.05, 0) is 47.5 Å². The van der Waals surface area contributed by atoms with E-state index in [-0.39, 0.29) is 23.6 Å². The molecule has 1 aliphatic heterocycles. The molecule has 1 amide bonds. The molecule has 2 N–H and O–H groups in total. The number of anilines is 2. The van der Waals surface area contributed by atoms with Crippen LogP contribution in [0.5, 0.6) is 0 Å². The molecule has 7 heteroatoms. The quantitative estimate of drug-likeness (QED) is 0.506. The van der Waals surface area contributed by atoms with Gasteiger partial charge in [-0.1, -0.05) is 53.6 Å². The number of halogens is 1. The molecule has 0 radical (unpaired) electrons. The number of nitrogens with one attached hydrogen (secondary N) is 2. The monoisotopic (exact) mass is 412 g/mol. The zero-order valence-corrected chi connectivity index (χ0v) is 16.2. The van der Waals surface area contributed by atoms with Crippen LogP contribution in [0, 0.1) is 5.82 Å². The van der Waals surface area contributed by atoms with Crippen molar-refractivity contribution in [2.45, 2.75) is 6.04 Å². The lowest BCUT2D eigenvalue weighted by Crippen LogP contribution is -2.32. The topological polar surface area (TPSA) is 80.0 Å². The Morgan fingerprint density at radius 3 is 2.42 bits per heavy atom. The molecule has 2 heterocycles. The van der Waals surface area contributed by atoms with Crippen molar-refractivity contribution in [2.24, 2.45) is 0 Å². The highest BCUT2D eigenvalue weighted by atomic mass is 19.1. The van der Waals surface area contributed by atoms with Crippen molar-refractivity contribution in [3.8, 4) is 11.5 Å². The fraction of sp³-hybridized carbons (Fsp3) is 0.0417. The molecule has 0 bridgehead atoms. The predicted molar refractivity (Wildman–Crippen MR) is 116 cm³/mol. The average molecular weight is 412 g/mol. The maximum absolute atomic E-state index is 13.2. The van der Waals surface area contributed by atoms with Gasteiger partial charge in [0.05, 0.1) is 0 Å². The van der Waals surface area contributed by atoms with Crippen LogP contribution < -0.4 is 10.6 Å². The lowest BCUT2D eigenvalue weighted by molar-refractivity contribution is -0.116. The normalized spacial score (nSPS) is 15.5. The molecular weight excluding hydrogens is 395 g/mol. The van der Waals surface area contributed by atoms with Crippen molar-refractivity contribution >= 4 is 23.2 Å². The highest BCUT2D eigenvalue weighted by Crippen LogP contribution is 2.33. The van der Waals surface area contributed by atoms with Crippen LogP contribution in [0.1, 0.15) is 11.1 Å². The van der Waals surface area contributed by atoms with Crippen molar-refractivity contribution in [3.05, 3.63) is 102 Å². The van der Waals surface area contributed by atoms with Crippen molar-refractivity contribution in [3.63, 3.8) is 0 Å². The second-order valence-corrected chi connectivity index (χ2v) is 7.02. The van der Waals surface area contributed by atoms with E-state index in [1.54, 1.807) is 12.1 Å². The summed E-state index contributed by atoms with van der Waals surface area (Å²) in [6.45, 7) is 0. The fourth-order valence-electron chi connectivity index (χ4n) is 3.47. The van der Waals surface area contributed by atoms with E-state index in [4.69, 9.17) is 4.42 Å². The Morgan fingerprint density at radius 1 is 0.871 bits per heavy atom. The Balaban J connectivity index is 1.49.